The molecule has 0 saturated heterocycles. The van der Waals surface area contributed by atoms with E-state index in [1.807, 2.05) is 30.3 Å². The summed E-state index contributed by atoms with van der Waals surface area (Å²) in [7, 11) is 1.30. The summed E-state index contributed by atoms with van der Waals surface area (Å²) >= 11 is 1.75. The molecule has 158 valence electrons. The van der Waals surface area contributed by atoms with Crippen LogP contribution in [0.25, 0.3) is 0 Å². The topological polar surface area (TPSA) is 77.0 Å². The van der Waals surface area contributed by atoms with E-state index >= 15 is 0 Å². The molecule has 0 aromatic heterocycles. The molecule has 0 spiro atoms. The van der Waals surface area contributed by atoms with Gasteiger partial charge in [0.15, 0.2) is 6.61 Å². The van der Waals surface area contributed by atoms with Crippen molar-refractivity contribution in [1.29, 1.82) is 0 Å². The Morgan fingerprint density at radius 1 is 1.00 bits per heavy atom. The van der Waals surface area contributed by atoms with Crippen molar-refractivity contribution in [2.24, 2.45) is 5.10 Å². The number of carbonyl (C=O) groups is 2. The van der Waals surface area contributed by atoms with Gasteiger partial charge in [0.2, 0.25) is 0 Å². The first-order valence-corrected chi connectivity index (χ1v) is 10.5. The lowest BCUT2D eigenvalue weighted by Crippen LogP contribution is -2.17. The molecule has 31 heavy (non-hydrogen) atoms. The van der Waals surface area contributed by atoms with Crippen LogP contribution in [0.5, 0.6) is 5.75 Å². The maximum Gasteiger partial charge on any atom is 0.343 e. The van der Waals surface area contributed by atoms with E-state index in [0.29, 0.717) is 11.3 Å². The van der Waals surface area contributed by atoms with Crippen LogP contribution in [0.2, 0.25) is 0 Å². The zero-order valence-corrected chi connectivity index (χ0v) is 17.8. The molecule has 1 amide bonds. The van der Waals surface area contributed by atoms with Gasteiger partial charge in [-0.15, -0.1) is 11.8 Å². The maximum absolute atomic E-state index is 12.3. The van der Waals surface area contributed by atoms with Crippen LogP contribution in [-0.4, -0.2) is 31.8 Å². The van der Waals surface area contributed by atoms with Crippen molar-refractivity contribution in [3.63, 3.8) is 0 Å². The van der Waals surface area contributed by atoms with Crippen molar-refractivity contribution in [2.75, 3.05) is 13.7 Å². The number of methoxy groups -OCH3 is 1. The Bertz CT molecular complexity index is 1040. The smallest absolute Gasteiger partial charge is 0.343 e. The molecule has 0 heterocycles. The number of amides is 1. The van der Waals surface area contributed by atoms with E-state index in [1.54, 1.807) is 48.2 Å². The Morgan fingerprint density at radius 2 is 1.77 bits per heavy atom. The molecule has 0 radical (unpaired) electrons. The molecule has 7 heteroatoms. The molecular formula is C24H22N2O4S. The van der Waals surface area contributed by atoms with Gasteiger partial charge < -0.3 is 9.47 Å². The number of carbonyl (C=O) groups excluding carboxylic acids is 2. The third-order valence-electron chi connectivity index (χ3n) is 4.19. The Labute approximate surface area is 185 Å². The molecule has 0 bridgehead atoms. The molecule has 0 fully saturated rings. The number of nitrogens with zero attached hydrogens (tertiary/aromatic N) is 1. The SMILES string of the molecule is COC(=O)COc1cccc(/C=N/NC(=O)c2ccc(CSc3ccccc3)cc2)c1. The number of rotatable bonds is 9. The Balaban J connectivity index is 1.50. The maximum atomic E-state index is 12.3. The van der Waals surface area contributed by atoms with E-state index in [4.69, 9.17) is 4.74 Å². The first-order valence-electron chi connectivity index (χ1n) is 9.54. The lowest BCUT2D eigenvalue weighted by atomic mass is 10.1. The molecule has 0 aliphatic heterocycles. The van der Waals surface area contributed by atoms with E-state index in [0.717, 1.165) is 16.9 Å². The van der Waals surface area contributed by atoms with Crippen molar-refractivity contribution in [1.82, 2.24) is 5.43 Å². The van der Waals surface area contributed by atoms with E-state index in [1.165, 1.54) is 18.2 Å². The van der Waals surface area contributed by atoms with E-state index in [2.05, 4.69) is 27.4 Å². The molecule has 0 saturated carbocycles. The highest BCUT2D eigenvalue weighted by Crippen LogP contribution is 2.22. The minimum Gasteiger partial charge on any atom is -0.482 e. The lowest BCUT2D eigenvalue weighted by molar-refractivity contribution is -0.142. The lowest BCUT2D eigenvalue weighted by Gasteiger charge is -2.05. The first kappa shape index (κ1) is 22.1. The van der Waals surface area contributed by atoms with Gasteiger partial charge in [0.05, 0.1) is 13.3 Å². The van der Waals surface area contributed by atoms with Crippen molar-refractivity contribution >= 4 is 29.9 Å². The minimum atomic E-state index is -0.462. The van der Waals surface area contributed by atoms with Gasteiger partial charge in [-0.1, -0.05) is 42.5 Å². The third kappa shape index (κ3) is 7.31. The molecule has 3 aromatic rings. The van der Waals surface area contributed by atoms with Crippen LogP contribution in [0.15, 0.2) is 88.9 Å². The second kappa shape index (κ2) is 11.6. The molecule has 0 unspecified atom stereocenters. The summed E-state index contributed by atoms with van der Waals surface area (Å²) in [4.78, 5) is 24.7. The minimum absolute atomic E-state index is 0.173. The number of benzene rings is 3. The average molecular weight is 435 g/mol. The van der Waals surface area contributed by atoms with Crippen molar-refractivity contribution < 1.29 is 19.1 Å². The number of nitrogens with one attached hydrogen (secondary N) is 1. The largest absolute Gasteiger partial charge is 0.482 e. The highest BCUT2D eigenvalue weighted by molar-refractivity contribution is 7.98. The van der Waals surface area contributed by atoms with Gasteiger partial charge in [-0.05, 0) is 47.5 Å². The molecule has 3 aromatic carbocycles. The second-order valence-corrected chi connectivity index (χ2v) is 7.48. The van der Waals surface area contributed by atoms with Crippen molar-refractivity contribution in [3.05, 3.63) is 95.6 Å². The average Bonchev–Trinajstić information content (AvgIpc) is 2.82. The summed E-state index contributed by atoms with van der Waals surface area (Å²) in [5.74, 6) is 0.579. The summed E-state index contributed by atoms with van der Waals surface area (Å²) in [6.07, 6.45) is 1.51. The fraction of sp³-hybridized carbons (Fsp3) is 0.125. The second-order valence-electron chi connectivity index (χ2n) is 6.44. The van der Waals surface area contributed by atoms with Crippen molar-refractivity contribution in [3.8, 4) is 5.75 Å². The number of ether oxygens (including phenoxy) is 2. The van der Waals surface area contributed by atoms with Crippen LogP contribution in [0, 0.1) is 0 Å². The number of esters is 1. The van der Waals surface area contributed by atoms with E-state index in [-0.39, 0.29) is 12.5 Å². The summed E-state index contributed by atoms with van der Waals surface area (Å²) < 4.78 is 9.87. The highest BCUT2D eigenvalue weighted by Gasteiger charge is 2.05. The highest BCUT2D eigenvalue weighted by atomic mass is 32.2. The van der Waals surface area contributed by atoms with Gasteiger partial charge in [-0.2, -0.15) is 5.10 Å². The van der Waals surface area contributed by atoms with E-state index in [9.17, 15) is 9.59 Å². The molecule has 6 nitrogen and oxygen atoms in total. The molecule has 3 rings (SSSR count). The predicted molar refractivity (Wildman–Crippen MR) is 121 cm³/mol. The molecule has 0 aliphatic carbocycles. The zero-order chi connectivity index (χ0) is 21.9. The van der Waals surface area contributed by atoms with Gasteiger partial charge in [0.25, 0.3) is 5.91 Å². The van der Waals surface area contributed by atoms with Crippen molar-refractivity contribution in [2.45, 2.75) is 10.6 Å². The van der Waals surface area contributed by atoms with Crippen LogP contribution >= 0.6 is 11.8 Å². The van der Waals surface area contributed by atoms with E-state index < -0.39 is 5.97 Å². The Morgan fingerprint density at radius 3 is 2.52 bits per heavy atom. The number of hydrogen-bond acceptors (Lipinski definition) is 6. The van der Waals surface area contributed by atoms with Gasteiger partial charge in [0.1, 0.15) is 5.75 Å². The quantitative estimate of drug-likeness (QED) is 0.235. The fourth-order valence-corrected chi connectivity index (χ4v) is 3.43. The molecule has 1 N–H and O–H groups in total. The Hall–Kier alpha value is -3.58. The van der Waals surface area contributed by atoms with Gasteiger partial charge in [-0.25, -0.2) is 10.2 Å². The standard InChI is InChI=1S/C24H22N2O4S/c1-29-23(27)16-30-21-7-5-6-19(14-21)15-25-26-24(28)20-12-10-18(11-13-20)17-31-22-8-3-2-4-9-22/h2-15H,16-17H2,1H3,(H,26,28)/b25-15+. The molecule has 0 aliphatic rings. The summed E-state index contributed by atoms with van der Waals surface area (Å²) in [5.41, 5.74) is 4.90. The third-order valence-corrected chi connectivity index (χ3v) is 5.27. The molecule has 0 atom stereocenters. The summed E-state index contributed by atoms with van der Waals surface area (Å²) in [6.45, 7) is -0.173. The van der Waals surface area contributed by atoms with Gasteiger partial charge >= 0.3 is 5.97 Å². The normalized spacial score (nSPS) is 10.6. The molecular weight excluding hydrogens is 412 g/mol. The summed E-state index contributed by atoms with van der Waals surface area (Å²) in [5, 5.41) is 3.99. The van der Waals surface area contributed by atoms with Crippen LogP contribution in [0.1, 0.15) is 21.5 Å². The van der Waals surface area contributed by atoms with Crippen LogP contribution in [0.4, 0.5) is 0 Å². The van der Waals surface area contributed by atoms with Crippen LogP contribution in [0.3, 0.4) is 0 Å². The van der Waals surface area contributed by atoms with Gasteiger partial charge in [-0.3, -0.25) is 4.79 Å². The van der Waals surface area contributed by atoms with Crippen LogP contribution in [-0.2, 0) is 15.3 Å². The number of hydrazone groups is 1. The Kier molecular flexibility index (Phi) is 8.25. The predicted octanol–water partition coefficient (Wildman–Crippen LogP) is 4.29. The van der Waals surface area contributed by atoms with Crippen LogP contribution < -0.4 is 10.2 Å². The monoisotopic (exact) mass is 434 g/mol. The van der Waals surface area contributed by atoms with Gasteiger partial charge in [0, 0.05) is 16.2 Å². The fourth-order valence-electron chi connectivity index (χ4n) is 2.55. The number of hydrogen-bond donors (Lipinski definition) is 1. The number of thioether (sulfide) groups is 1. The zero-order valence-electron chi connectivity index (χ0n) is 17.0. The summed E-state index contributed by atoms with van der Waals surface area (Å²) in [6, 6.07) is 24.6. The first-order chi connectivity index (χ1) is 15.1.